The Morgan fingerprint density at radius 3 is 2.63 bits per heavy atom. The van der Waals surface area contributed by atoms with E-state index in [-0.39, 0.29) is 13.0 Å². The molecule has 0 radical (unpaired) electrons. The topological polar surface area (TPSA) is 107 Å². The molecule has 2 N–H and O–H groups in total. The summed E-state index contributed by atoms with van der Waals surface area (Å²) >= 11 is 1.19. The zero-order valence-electron chi connectivity index (χ0n) is 15.2. The molecule has 144 valence electrons. The Morgan fingerprint density at radius 2 is 2.04 bits per heavy atom. The molecule has 0 saturated carbocycles. The summed E-state index contributed by atoms with van der Waals surface area (Å²) in [6, 6.07) is 5.37. The Morgan fingerprint density at radius 1 is 1.30 bits per heavy atom. The van der Waals surface area contributed by atoms with Crippen molar-refractivity contribution in [3.63, 3.8) is 0 Å². The van der Waals surface area contributed by atoms with Crippen LogP contribution >= 0.6 is 11.3 Å². The standard InChI is InChI=1S/C18H20N2O6S/c1-10-14(15(21)20-18(17(22)23)6-7-26-9-18)27-16(19-10)11-4-5-12(24-2)13(8-11)25-3/h4-5,8H,6-7,9H2,1-3H3,(H,20,21)(H,22,23). The zero-order chi connectivity index (χ0) is 19.6. The van der Waals surface area contributed by atoms with Gasteiger partial charge in [-0.2, -0.15) is 0 Å². The van der Waals surface area contributed by atoms with Gasteiger partial charge in [0, 0.05) is 18.6 Å². The van der Waals surface area contributed by atoms with Crippen LogP contribution in [0.5, 0.6) is 11.5 Å². The summed E-state index contributed by atoms with van der Waals surface area (Å²) in [5.74, 6) is -0.417. The number of benzene rings is 1. The SMILES string of the molecule is COc1ccc(-c2nc(C)c(C(=O)NC3(C(=O)O)CCOC3)s2)cc1OC. The summed E-state index contributed by atoms with van der Waals surface area (Å²) in [5, 5.41) is 12.7. The molecule has 2 aromatic rings. The molecule has 2 heterocycles. The Bertz CT molecular complexity index is 873. The average Bonchev–Trinajstić information content (AvgIpc) is 3.28. The number of carbonyl (C=O) groups is 2. The van der Waals surface area contributed by atoms with Crippen molar-refractivity contribution in [3.8, 4) is 22.1 Å². The van der Waals surface area contributed by atoms with Crippen molar-refractivity contribution in [2.45, 2.75) is 18.9 Å². The van der Waals surface area contributed by atoms with Gasteiger partial charge in [-0.25, -0.2) is 9.78 Å². The van der Waals surface area contributed by atoms with E-state index in [0.29, 0.717) is 33.7 Å². The van der Waals surface area contributed by atoms with Crippen molar-refractivity contribution in [1.82, 2.24) is 10.3 Å². The van der Waals surface area contributed by atoms with Crippen LogP contribution in [0.3, 0.4) is 0 Å². The third-order valence-electron chi connectivity index (χ3n) is 4.42. The number of hydrogen-bond donors (Lipinski definition) is 2. The smallest absolute Gasteiger partial charge is 0.331 e. The fraction of sp³-hybridized carbons (Fsp3) is 0.389. The van der Waals surface area contributed by atoms with Gasteiger partial charge >= 0.3 is 5.97 Å². The lowest BCUT2D eigenvalue weighted by Crippen LogP contribution is -2.55. The normalized spacial score (nSPS) is 18.9. The third kappa shape index (κ3) is 3.60. The molecule has 1 aromatic heterocycles. The minimum absolute atomic E-state index is 0.0472. The van der Waals surface area contributed by atoms with Crippen LogP contribution in [0.15, 0.2) is 18.2 Å². The Hall–Kier alpha value is -2.65. The number of thiazole rings is 1. The number of nitrogens with zero attached hydrogens (tertiary/aromatic N) is 1. The van der Waals surface area contributed by atoms with E-state index >= 15 is 0 Å². The van der Waals surface area contributed by atoms with Crippen molar-refractivity contribution in [2.75, 3.05) is 27.4 Å². The molecule has 3 rings (SSSR count). The van der Waals surface area contributed by atoms with Crippen LogP contribution in [0, 0.1) is 6.92 Å². The molecule has 1 amide bonds. The van der Waals surface area contributed by atoms with Gasteiger partial charge in [-0.1, -0.05) is 0 Å². The molecule has 0 spiro atoms. The fourth-order valence-corrected chi connectivity index (χ4v) is 3.82. The number of carboxylic acid groups (broad SMARTS) is 1. The quantitative estimate of drug-likeness (QED) is 0.775. The maximum absolute atomic E-state index is 12.7. The van der Waals surface area contributed by atoms with E-state index in [9.17, 15) is 14.7 Å². The molecule has 0 bridgehead atoms. The van der Waals surface area contributed by atoms with Crippen LogP contribution in [0.4, 0.5) is 0 Å². The van der Waals surface area contributed by atoms with Crippen LogP contribution in [-0.2, 0) is 9.53 Å². The van der Waals surface area contributed by atoms with Crippen molar-refractivity contribution in [3.05, 3.63) is 28.8 Å². The predicted octanol–water partition coefficient (Wildman–Crippen LogP) is 2.11. The predicted molar refractivity (Wildman–Crippen MR) is 98.7 cm³/mol. The Labute approximate surface area is 160 Å². The molecule has 9 heteroatoms. The van der Waals surface area contributed by atoms with Crippen LogP contribution in [0.2, 0.25) is 0 Å². The summed E-state index contributed by atoms with van der Waals surface area (Å²) in [5.41, 5.74) is -0.0875. The molecule has 1 unspecified atom stereocenters. The third-order valence-corrected chi connectivity index (χ3v) is 5.62. The summed E-state index contributed by atoms with van der Waals surface area (Å²) in [6.07, 6.45) is 0.231. The zero-order valence-corrected chi connectivity index (χ0v) is 16.0. The van der Waals surface area contributed by atoms with Crippen molar-refractivity contribution < 1.29 is 28.9 Å². The van der Waals surface area contributed by atoms with Gasteiger partial charge in [0.15, 0.2) is 17.0 Å². The molecule has 8 nitrogen and oxygen atoms in total. The van der Waals surface area contributed by atoms with Gasteiger partial charge in [0.25, 0.3) is 5.91 Å². The van der Waals surface area contributed by atoms with Gasteiger partial charge in [0.1, 0.15) is 9.88 Å². The van der Waals surface area contributed by atoms with E-state index in [0.717, 1.165) is 5.56 Å². The molecule has 0 aliphatic carbocycles. The Balaban J connectivity index is 1.88. The molecule has 1 saturated heterocycles. The van der Waals surface area contributed by atoms with Crippen LogP contribution in [0.25, 0.3) is 10.6 Å². The minimum Gasteiger partial charge on any atom is -0.493 e. The Kier molecular flexibility index (Phi) is 5.33. The summed E-state index contributed by atoms with van der Waals surface area (Å²) in [6.45, 7) is 1.97. The van der Waals surface area contributed by atoms with Crippen molar-refractivity contribution in [2.24, 2.45) is 0 Å². The maximum Gasteiger partial charge on any atom is 0.331 e. The first-order valence-electron chi connectivity index (χ1n) is 8.23. The fourth-order valence-electron chi connectivity index (χ4n) is 2.86. The van der Waals surface area contributed by atoms with E-state index in [2.05, 4.69) is 10.3 Å². The van der Waals surface area contributed by atoms with Gasteiger partial charge < -0.3 is 24.6 Å². The number of aryl methyl sites for hydroxylation is 1. The second-order valence-electron chi connectivity index (χ2n) is 6.15. The number of aromatic nitrogens is 1. The van der Waals surface area contributed by atoms with E-state index in [1.165, 1.54) is 11.3 Å². The number of rotatable bonds is 6. The molecule has 1 fully saturated rings. The van der Waals surface area contributed by atoms with Gasteiger partial charge in [-0.15, -0.1) is 11.3 Å². The molecular weight excluding hydrogens is 372 g/mol. The molecule has 1 aromatic carbocycles. The average molecular weight is 392 g/mol. The molecule has 1 aliphatic rings. The second-order valence-corrected chi connectivity index (χ2v) is 7.15. The summed E-state index contributed by atoms with van der Waals surface area (Å²) < 4.78 is 15.7. The highest BCUT2D eigenvalue weighted by Gasteiger charge is 2.44. The number of ether oxygens (including phenoxy) is 3. The number of nitrogens with one attached hydrogen (secondary N) is 1. The number of carboxylic acids is 1. The summed E-state index contributed by atoms with van der Waals surface area (Å²) in [7, 11) is 3.10. The van der Waals surface area contributed by atoms with Crippen LogP contribution in [-0.4, -0.2) is 54.9 Å². The highest BCUT2D eigenvalue weighted by atomic mass is 32.1. The lowest BCUT2D eigenvalue weighted by Gasteiger charge is -2.23. The molecule has 1 aliphatic heterocycles. The first-order valence-corrected chi connectivity index (χ1v) is 9.05. The molecular formula is C18H20N2O6S. The van der Waals surface area contributed by atoms with Gasteiger partial charge in [-0.05, 0) is 25.1 Å². The monoisotopic (exact) mass is 392 g/mol. The van der Waals surface area contributed by atoms with Crippen LogP contribution in [0.1, 0.15) is 21.8 Å². The number of aliphatic carboxylic acids is 1. The largest absolute Gasteiger partial charge is 0.493 e. The second kappa shape index (κ2) is 7.53. The van der Waals surface area contributed by atoms with Crippen LogP contribution < -0.4 is 14.8 Å². The first kappa shape index (κ1) is 19.1. The highest BCUT2D eigenvalue weighted by molar-refractivity contribution is 7.17. The van der Waals surface area contributed by atoms with Crippen molar-refractivity contribution >= 4 is 23.2 Å². The number of hydrogen-bond acceptors (Lipinski definition) is 7. The number of amides is 1. The number of carbonyl (C=O) groups excluding carboxylic acids is 1. The van der Waals surface area contributed by atoms with E-state index in [1.807, 2.05) is 6.07 Å². The maximum atomic E-state index is 12.7. The van der Waals surface area contributed by atoms with E-state index in [4.69, 9.17) is 14.2 Å². The summed E-state index contributed by atoms with van der Waals surface area (Å²) in [4.78, 5) is 29.1. The first-order chi connectivity index (χ1) is 12.9. The van der Waals surface area contributed by atoms with Gasteiger partial charge in [0.05, 0.1) is 26.5 Å². The molecule has 1 atom stereocenters. The minimum atomic E-state index is -1.39. The van der Waals surface area contributed by atoms with Gasteiger partial charge in [-0.3, -0.25) is 4.79 Å². The van der Waals surface area contributed by atoms with E-state index < -0.39 is 17.4 Å². The lowest BCUT2D eigenvalue weighted by atomic mass is 9.99. The van der Waals surface area contributed by atoms with Gasteiger partial charge in [0.2, 0.25) is 0 Å². The number of methoxy groups -OCH3 is 2. The molecule has 27 heavy (non-hydrogen) atoms. The van der Waals surface area contributed by atoms with E-state index in [1.54, 1.807) is 33.3 Å². The highest BCUT2D eigenvalue weighted by Crippen LogP contribution is 2.35. The van der Waals surface area contributed by atoms with Crippen molar-refractivity contribution in [1.29, 1.82) is 0 Å². The lowest BCUT2D eigenvalue weighted by molar-refractivity contribution is -0.144.